The molecule has 0 atom stereocenters. The van der Waals surface area contributed by atoms with E-state index in [2.05, 4.69) is 23.1 Å². The van der Waals surface area contributed by atoms with Gasteiger partial charge in [-0.3, -0.25) is 20.4 Å². The molecule has 4 N–H and O–H groups in total. The van der Waals surface area contributed by atoms with Crippen LogP contribution < -0.4 is 16.6 Å². The zero-order valence-electron chi connectivity index (χ0n) is 7.71. The van der Waals surface area contributed by atoms with E-state index in [1.54, 1.807) is 0 Å². The fraction of sp³-hybridized carbons (Fsp3) is 0.625. The molecular formula is C8H13N3O2S. The van der Waals surface area contributed by atoms with Crippen molar-refractivity contribution < 1.29 is 9.59 Å². The van der Waals surface area contributed by atoms with Gasteiger partial charge in [-0.15, -0.1) is 0 Å². The Balaban J connectivity index is 2.30. The minimum absolute atomic E-state index is 0.0326. The van der Waals surface area contributed by atoms with Crippen LogP contribution in [0.3, 0.4) is 0 Å². The second-order valence-corrected chi connectivity index (χ2v) is 3.73. The van der Waals surface area contributed by atoms with Crippen molar-refractivity contribution in [2.24, 2.45) is 11.7 Å². The molecule has 78 valence electrons. The average Bonchev–Trinajstić information content (AvgIpc) is 2.15. The molecule has 0 radical (unpaired) electrons. The molecule has 0 bridgehead atoms. The van der Waals surface area contributed by atoms with Crippen LogP contribution >= 0.6 is 12.2 Å². The summed E-state index contributed by atoms with van der Waals surface area (Å²) in [4.78, 5) is 22.3. The summed E-state index contributed by atoms with van der Waals surface area (Å²) in [7, 11) is 0. The summed E-state index contributed by atoms with van der Waals surface area (Å²) in [6.07, 6.45) is 2.21. The summed E-state index contributed by atoms with van der Waals surface area (Å²) in [5, 5.41) is 0.0326. The van der Waals surface area contributed by atoms with E-state index in [1.807, 2.05) is 0 Å². The van der Waals surface area contributed by atoms with Crippen LogP contribution in [0.1, 0.15) is 25.7 Å². The highest BCUT2D eigenvalue weighted by atomic mass is 32.1. The van der Waals surface area contributed by atoms with E-state index in [1.165, 1.54) is 0 Å². The number of thiocarbonyl (C=S) groups is 1. The number of carbonyl (C=O) groups excluding carboxylic acids is 2. The lowest BCUT2D eigenvalue weighted by Gasteiger charge is -2.20. The molecule has 0 aromatic carbocycles. The van der Waals surface area contributed by atoms with Crippen molar-refractivity contribution in [2.45, 2.75) is 25.7 Å². The number of ketones is 1. The molecule has 0 saturated heterocycles. The molecule has 6 heteroatoms. The van der Waals surface area contributed by atoms with Gasteiger partial charge < -0.3 is 5.73 Å². The zero-order chi connectivity index (χ0) is 10.6. The summed E-state index contributed by atoms with van der Waals surface area (Å²) < 4.78 is 0. The first-order valence-electron chi connectivity index (χ1n) is 4.46. The number of nitrogens with two attached hydrogens (primary N) is 1. The van der Waals surface area contributed by atoms with E-state index in [9.17, 15) is 9.59 Å². The zero-order valence-corrected chi connectivity index (χ0v) is 8.52. The van der Waals surface area contributed by atoms with E-state index >= 15 is 0 Å². The molecule has 0 aromatic heterocycles. The third-order valence-electron chi connectivity index (χ3n) is 2.22. The highest BCUT2D eigenvalue weighted by Crippen LogP contribution is 2.21. The van der Waals surface area contributed by atoms with Crippen LogP contribution in [0.25, 0.3) is 0 Å². The van der Waals surface area contributed by atoms with E-state index < -0.39 is 0 Å². The monoisotopic (exact) mass is 215 g/mol. The maximum absolute atomic E-state index is 11.4. The predicted octanol–water partition coefficient (Wildman–Crippen LogP) is -0.390. The number of carbonyl (C=O) groups is 2. The molecule has 14 heavy (non-hydrogen) atoms. The van der Waals surface area contributed by atoms with Gasteiger partial charge in [-0.2, -0.15) is 0 Å². The van der Waals surface area contributed by atoms with Crippen molar-refractivity contribution in [1.82, 2.24) is 10.9 Å². The van der Waals surface area contributed by atoms with E-state index in [-0.39, 0.29) is 22.7 Å². The van der Waals surface area contributed by atoms with Gasteiger partial charge in [0, 0.05) is 18.8 Å². The number of Topliss-reactive ketones (excluding diaryl/α,β-unsaturated/α-hetero) is 1. The largest absolute Gasteiger partial charge is 0.375 e. The lowest BCUT2D eigenvalue weighted by Crippen LogP contribution is -2.47. The maximum Gasteiger partial charge on any atom is 0.241 e. The Kier molecular flexibility index (Phi) is 3.82. The molecule has 1 aliphatic rings. The van der Waals surface area contributed by atoms with Gasteiger partial charge in [0.15, 0.2) is 5.11 Å². The van der Waals surface area contributed by atoms with Crippen molar-refractivity contribution in [3.63, 3.8) is 0 Å². The van der Waals surface area contributed by atoms with Gasteiger partial charge in [0.2, 0.25) is 5.91 Å². The van der Waals surface area contributed by atoms with Gasteiger partial charge in [0.1, 0.15) is 5.78 Å². The van der Waals surface area contributed by atoms with Crippen LogP contribution in [0.2, 0.25) is 0 Å². The normalized spacial score (nSPS) is 17.6. The minimum Gasteiger partial charge on any atom is -0.375 e. The summed E-state index contributed by atoms with van der Waals surface area (Å²) in [6, 6.07) is 0. The fourth-order valence-corrected chi connectivity index (χ4v) is 1.48. The molecule has 0 aliphatic heterocycles. The Morgan fingerprint density at radius 3 is 2.43 bits per heavy atom. The van der Waals surface area contributed by atoms with Crippen molar-refractivity contribution >= 4 is 29.0 Å². The first-order chi connectivity index (χ1) is 6.59. The molecule has 1 fully saturated rings. The SMILES string of the molecule is NC(=S)NNC(=O)C1CCC(=O)CC1. The van der Waals surface area contributed by atoms with Crippen molar-refractivity contribution in [3.05, 3.63) is 0 Å². The van der Waals surface area contributed by atoms with Gasteiger partial charge in [-0.05, 0) is 25.1 Å². The van der Waals surface area contributed by atoms with Crippen LogP contribution in [0.5, 0.6) is 0 Å². The quantitative estimate of drug-likeness (QED) is 0.410. The number of rotatable bonds is 1. The van der Waals surface area contributed by atoms with Gasteiger partial charge in [-0.1, -0.05) is 0 Å². The molecule has 1 amide bonds. The summed E-state index contributed by atoms with van der Waals surface area (Å²) in [5.41, 5.74) is 9.92. The fourth-order valence-electron chi connectivity index (χ4n) is 1.43. The third kappa shape index (κ3) is 3.29. The Morgan fingerprint density at radius 1 is 1.36 bits per heavy atom. The predicted molar refractivity (Wildman–Crippen MR) is 55.0 cm³/mol. The molecule has 1 saturated carbocycles. The number of amides is 1. The van der Waals surface area contributed by atoms with Crippen LogP contribution in [-0.4, -0.2) is 16.8 Å². The molecule has 0 spiro atoms. The standard InChI is InChI=1S/C8H13N3O2S/c9-8(14)11-10-7(13)5-1-3-6(12)4-2-5/h5H,1-4H2,(H,10,13)(H3,9,11,14). The Hall–Kier alpha value is -1.17. The lowest BCUT2D eigenvalue weighted by atomic mass is 9.88. The Bertz CT molecular complexity index is 257. The second-order valence-electron chi connectivity index (χ2n) is 3.29. The smallest absolute Gasteiger partial charge is 0.241 e. The molecule has 0 heterocycles. The minimum atomic E-state index is -0.148. The van der Waals surface area contributed by atoms with E-state index in [4.69, 9.17) is 5.73 Å². The summed E-state index contributed by atoms with van der Waals surface area (Å²) in [5.74, 6) is -0.0174. The van der Waals surface area contributed by atoms with Gasteiger partial charge >= 0.3 is 0 Å². The van der Waals surface area contributed by atoms with Crippen LogP contribution in [0, 0.1) is 5.92 Å². The average molecular weight is 215 g/mol. The van der Waals surface area contributed by atoms with Crippen molar-refractivity contribution in [2.75, 3.05) is 0 Å². The van der Waals surface area contributed by atoms with Crippen LogP contribution in [-0.2, 0) is 9.59 Å². The Labute approximate surface area is 87.4 Å². The van der Waals surface area contributed by atoms with Gasteiger partial charge in [0.25, 0.3) is 0 Å². The number of hydrogen-bond acceptors (Lipinski definition) is 3. The highest BCUT2D eigenvalue weighted by Gasteiger charge is 2.24. The molecule has 0 aromatic rings. The summed E-state index contributed by atoms with van der Waals surface area (Å²) >= 11 is 4.53. The van der Waals surface area contributed by atoms with Gasteiger partial charge in [-0.25, -0.2) is 0 Å². The topological polar surface area (TPSA) is 84.2 Å². The highest BCUT2D eigenvalue weighted by molar-refractivity contribution is 7.80. The van der Waals surface area contributed by atoms with E-state index in [0.717, 1.165) is 0 Å². The molecule has 1 aliphatic carbocycles. The van der Waals surface area contributed by atoms with Crippen molar-refractivity contribution in [3.8, 4) is 0 Å². The second kappa shape index (κ2) is 4.90. The first-order valence-corrected chi connectivity index (χ1v) is 4.87. The molecule has 5 nitrogen and oxygen atoms in total. The lowest BCUT2D eigenvalue weighted by molar-refractivity contribution is -0.128. The molecule has 0 unspecified atom stereocenters. The van der Waals surface area contributed by atoms with E-state index in [0.29, 0.717) is 25.7 Å². The first kappa shape index (κ1) is 10.9. The van der Waals surface area contributed by atoms with Crippen LogP contribution in [0.15, 0.2) is 0 Å². The van der Waals surface area contributed by atoms with Crippen molar-refractivity contribution in [1.29, 1.82) is 0 Å². The van der Waals surface area contributed by atoms with Crippen LogP contribution in [0.4, 0.5) is 0 Å². The maximum atomic E-state index is 11.4. The number of hydrogen-bond donors (Lipinski definition) is 3. The number of nitrogens with one attached hydrogen (secondary N) is 2. The molecule has 1 rings (SSSR count). The summed E-state index contributed by atoms with van der Waals surface area (Å²) in [6.45, 7) is 0. The third-order valence-corrected chi connectivity index (χ3v) is 2.33. The Morgan fingerprint density at radius 2 is 1.93 bits per heavy atom. The number of hydrazine groups is 1. The van der Waals surface area contributed by atoms with Gasteiger partial charge in [0.05, 0.1) is 0 Å². The molecular weight excluding hydrogens is 202 g/mol.